The third-order valence-electron chi connectivity index (χ3n) is 5.84. The second-order valence-corrected chi connectivity index (χ2v) is 10.1. The zero-order valence-corrected chi connectivity index (χ0v) is 20.7. The minimum atomic E-state index is -0.0137. The number of likely N-dealkylation sites (N-methyl/N-ethyl adjacent to an activating group) is 1. The molecule has 1 aliphatic carbocycles. The van der Waals surface area contributed by atoms with Crippen molar-refractivity contribution in [1.29, 1.82) is 0 Å². The Labute approximate surface area is 200 Å². The van der Waals surface area contributed by atoms with E-state index >= 15 is 0 Å². The van der Waals surface area contributed by atoms with Crippen molar-refractivity contribution in [1.82, 2.24) is 25.2 Å². The van der Waals surface area contributed by atoms with Gasteiger partial charge in [-0.3, -0.25) is 14.7 Å². The van der Waals surface area contributed by atoms with Crippen LogP contribution in [0.5, 0.6) is 5.75 Å². The van der Waals surface area contributed by atoms with Crippen LogP contribution in [0.2, 0.25) is 0 Å². The first-order valence-electron chi connectivity index (χ1n) is 11.8. The van der Waals surface area contributed by atoms with Crippen molar-refractivity contribution in [2.24, 2.45) is 0 Å². The number of pyridine rings is 1. The molecular weight excluding hydrogens is 436 g/mol. The number of nitrogens with zero attached hydrogens (tertiary/aromatic N) is 5. The average Bonchev–Trinajstić information content (AvgIpc) is 3.27. The molecule has 0 bridgehead atoms. The van der Waals surface area contributed by atoms with Crippen LogP contribution in [0, 0.1) is 0 Å². The Kier molecular flexibility index (Phi) is 8.03. The summed E-state index contributed by atoms with van der Waals surface area (Å²) in [5, 5.41) is 2.95. The van der Waals surface area contributed by atoms with E-state index < -0.39 is 0 Å². The number of amides is 1. The highest BCUT2D eigenvalue weighted by atomic mass is 32.2. The van der Waals surface area contributed by atoms with Crippen molar-refractivity contribution in [2.75, 3.05) is 56.2 Å². The average molecular weight is 471 g/mol. The maximum Gasteiger partial charge on any atom is 0.239 e. The molecule has 1 N–H and O–H groups in total. The highest BCUT2D eigenvalue weighted by Crippen LogP contribution is 2.31. The maximum atomic E-state index is 12.3. The Balaban J connectivity index is 1.48. The number of fused-ring (bicyclic) bond motifs is 1. The fourth-order valence-electron chi connectivity index (χ4n) is 4.24. The molecule has 2 aromatic rings. The minimum absolute atomic E-state index is 0.0137. The predicted octanol–water partition coefficient (Wildman–Crippen LogP) is 2.42. The highest BCUT2D eigenvalue weighted by molar-refractivity contribution is 7.99. The summed E-state index contributed by atoms with van der Waals surface area (Å²) in [6.45, 7) is 8.02. The lowest BCUT2D eigenvalue weighted by atomic mass is 10.2. The molecule has 1 amide bonds. The van der Waals surface area contributed by atoms with E-state index in [9.17, 15) is 4.79 Å². The molecule has 2 aliphatic rings. The van der Waals surface area contributed by atoms with Crippen molar-refractivity contribution in [3.8, 4) is 17.3 Å². The van der Waals surface area contributed by atoms with Crippen molar-refractivity contribution in [3.63, 3.8) is 0 Å². The van der Waals surface area contributed by atoms with Gasteiger partial charge in [0.05, 0.1) is 6.54 Å². The number of hydrogen-bond donors (Lipinski definition) is 1. The summed E-state index contributed by atoms with van der Waals surface area (Å²) in [5.74, 6) is 4.57. The van der Waals surface area contributed by atoms with Gasteiger partial charge in [0.2, 0.25) is 5.91 Å². The quantitative estimate of drug-likeness (QED) is 0.598. The molecule has 0 saturated carbocycles. The number of rotatable bonds is 9. The molecule has 178 valence electrons. The molecule has 0 unspecified atom stereocenters. The van der Waals surface area contributed by atoms with Crippen molar-refractivity contribution in [2.45, 2.75) is 39.2 Å². The Morgan fingerprint density at radius 3 is 2.88 bits per heavy atom. The standard InChI is InChI=1S/C24H34N6O2S/c1-17(2)26-22(31)16-29(3)24-19-5-4-6-20(19)27-23(28-24)21-15-18(7-8-25-21)32-12-9-30-10-13-33-14-11-30/h7-8,15,17H,4-6,9-14,16H2,1-3H3,(H,26,31). The van der Waals surface area contributed by atoms with Gasteiger partial charge >= 0.3 is 0 Å². The van der Waals surface area contributed by atoms with Gasteiger partial charge in [0, 0.05) is 67.8 Å². The number of aromatic nitrogens is 3. The third-order valence-corrected chi connectivity index (χ3v) is 6.79. The number of thioether (sulfide) groups is 1. The molecule has 8 nitrogen and oxygen atoms in total. The van der Waals surface area contributed by atoms with Gasteiger partial charge in [0.25, 0.3) is 0 Å². The van der Waals surface area contributed by atoms with Crippen LogP contribution in [0.4, 0.5) is 5.82 Å². The minimum Gasteiger partial charge on any atom is -0.492 e. The van der Waals surface area contributed by atoms with Crippen LogP contribution in [0.1, 0.15) is 31.5 Å². The van der Waals surface area contributed by atoms with Crippen molar-refractivity contribution < 1.29 is 9.53 Å². The largest absolute Gasteiger partial charge is 0.492 e. The van der Waals surface area contributed by atoms with Gasteiger partial charge in [0.15, 0.2) is 5.82 Å². The first kappa shape index (κ1) is 23.8. The normalized spacial score (nSPS) is 16.0. The Hall–Kier alpha value is -2.39. The van der Waals surface area contributed by atoms with Crippen LogP contribution in [-0.2, 0) is 17.6 Å². The molecule has 9 heteroatoms. The zero-order chi connectivity index (χ0) is 23.2. The Morgan fingerprint density at radius 1 is 1.27 bits per heavy atom. The van der Waals surface area contributed by atoms with E-state index in [1.807, 2.05) is 49.7 Å². The SMILES string of the molecule is CC(C)NC(=O)CN(C)c1nc(-c2cc(OCCN3CCSCC3)ccn2)nc2c1CCC2. The van der Waals surface area contributed by atoms with E-state index in [4.69, 9.17) is 14.7 Å². The first-order chi connectivity index (χ1) is 16.0. The van der Waals surface area contributed by atoms with Gasteiger partial charge in [-0.1, -0.05) is 0 Å². The number of anilines is 1. The lowest BCUT2D eigenvalue weighted by molar-refractivity contribution is -0.120. The summed E-state index contributed by atoms with van der Waals surface area (Å²) >= 11 is 2.01. The van der Waals surface area contributed by atoms with Crippen molar-refractivity contribution in [3.05, 3.63) is 29.6 Å². The molecule has 33 heavy (non-hydrogen) atoms. The maximum absolute atomic E-state index is 12.3. The zero-order valence-electron chi connectivity index (χ0n) is 19.8. The molecule has 0 radical (unpaired) electrons. The number of nitrogens with one attached hydrogen (secondary N) is 1. The van der Waals surface area contributed by atoms with Crippen LogP contribution in [0.3, 0.4) is 0 Å². The monoisotopic (exact) mass is 470 g/mol. The summed E-state index contributed by atoms with van der Waals surface area (Å²) in [5.41, 5.74) is 2.89. The fourth-order valence-corrected chi connectivity index (χ4v) is 5.22. The predicted molar refractivity (Wildman–Crippen MR) is 133 cm³/mol. The molecule has 1 fully saturated rings. The molecule has 4 rings (SSSR count). The number of carbonyl (C=O) groups is 1. The van der Waals surface area contributed by atoms with Gasteiger partial charge < -0.3 is 15.0 Å². The number of ether oxygens (including phenoxy) is 1. The van der Waals surface area contributed by atoms with Gasteiger partial charge in [0.1, 0.15) is 23.9 Å². The fraction of sp³-hybridized carbons (Fsp3) is 0.583. The van der Waals surface area contributed by atoms with Crippen LogP contribution >= 0.6 is 11.8 Å². The number of hydrogen-bond acceptors (Lipinski definition) is 8. The van der Waals surface area contributed by atoms with Crippen LogP contribution < -0.4 is 15.0 Å². The Bertz CT molecular complexity index is 964. The highest BCUT2D eigenvalue weighted by Gasteiger charge is 2.23. The summed E-state index contributed by atoms with van der Waals surface area (Å²) in [7, 11) is 1.91. The molecule has 1 saturated heterocycles. The van der Waals surface area contributed by atoms with Crippen LogP contribution in [0.15, 0.2) is 18.3 Å². The lowest BCUT2D eigenvalue weighted by Crippen LogP contribution is -2.39. The van der Waals surface area contributed by atoms with E-state index in [0.29, 0.717) is 18.1 Å². The van der Waals surface area contributed by atoms with Gasteiger partial charge in [-0.2, -0.15) is 11.8 Å². The molecule has 1 aliphatic heterocycles. The first-order valence-corrected chi connectivity index (χ1v) is 12.9. The van der Waals surface area contributed by atoms with E-state index in [0.717, 1.165) is 61.7 Å². The molecule has 0 atom stereocenters. The molecular formula is C24H34N6O2S. The van der Waals surface area contributed by atoms with Crippen LogP contribution in [0.25, 0.3) is 11.5 Å². The lowest BCUT2D eigenvalue weighted by Gasteiger charge is -2.25. The van der Waals surface area contributed by atoms with Gasteiger partial charge in [-0.25, -0.2) is 9.97 Å². The van der Waals surface area contributed by atoms with E-state index in [1.165, 1.54) is 11.5 Å². The van der Waals surface area contributed by atoms with Gasteiger partial charge in [-0.05, 0) is 39.2 Å². The molecule has 2 aromatic heterocycles. The third kappa shape index (κ3) is 6.35. The van der Waals surface area contributed by atoms with E-state index in [-0.39, 0.29) is 18.5 Å². The summed E-state index contributed by atoms with van der Waals surface area (Å²) in [6, 6.07) is 3.91. The van der Waals surface area contributed by atoms with Gasteiger partial charge in [-0.15, -0.1) is 0 Å². The van der Waals surface area contributed by atoms with E-state index in [1.54, 1.807) is 6.20 Å². The topological polar surface area (TPSA) is 83.5 Å². The Morgan fingerprint density at radius 2 is 2.09 bits per heavy atom. The number of aryl methyl sites for hydroxylation is 1. The summed E-state index contributed by atoms with van der Waals surface area (Å²) in [4.78, 5) is 30.9. The second-order valence-electron chi connectivity index (χ2n) is 8.91. The van der Waals surface area contributed by atoms with Crippen molar-refractivity contribution >= 4 is 23.5 Å². The van der Waals surface area contributed by atoms with Crippen LogP contribution in [-0.4, -0.2) is 83.1 Å². The smallest absolute Gasteiger partial charge is 0.239 e. The summed E-state index contributed by atoms with van der Waals surface area (Å²) in [6.07, 6.45) is 4.66. The molecule has 3 heterocycles. The molecule has 0 spiro atoms. The van der Waals surface area contributed by atoms with E-state index in [2.05, 4.69) is 15.2 Å². The summed E-state index contributed by atoms with van der Waals surface area (Å²) < 4.78 is 6.02. The molecule has 0 aromatic carbocycles. The second kappa shape index (κ2) is 11.2. The number of carbonyl (C=O) groups excluding carboxylic acids is 1.